The third-order valence-electron chi connectivity index (χ3n) is 9.36. The summed E-state index contributed by atoms with van der Waals surface area (Å²) in [5.41, 5.74) is 0. The van der Waals surface area contributed by atoms with E-state index in [1.165, 1.54) is 42.7 Å². The summed E-state index contributed by atoms with van der Waals surface area (Å²) in [5, 5.41) is 11.1. The van der Waals surface area contributed by atoms with Crippen molar-refractivity contribution in [2.75, 3.05) is 88.6 Å². The molecule has 0 radical (unpaired) electrons. The van der Waals surface area contributed by atoms with Crippen LogP contribution in [0.4, 0.5) is 0 Å². The van der Waals surface area contributed by atoms with Crippen LogP contribution in [0.1, 0.15) is 0 Å². The van der Waals surface area contributed by atoms with Gasteiger partial charge in [-0.05, 0) is 5.23 Å². The van der Waals surface area contributed by atoms with Crippen molar-refractivity contribution in [3.63, 3.8) is 0 Å². The lowest BCUT2D eigenvalue weighted by atomic mass is 9.90. The van der Waals surface area contributed by atoms with E-state index in [2.05, 4.69) is 25.6 Å². The van der Waals surface area contributed by atoms with Crippen LogP contribution in [-0.2, 0) is 90.8 Å². The van der Waals surface area contributed by atoms with E-state index in [9.17, 15) is 24.3 Å². The number of carbonyl (C=O) groups excluding carboxylic acids is 4. The fourth-order valence-electron chi connectivity index (χ4n) is 6.64. The summed E-state index contributed by atoms with van der Waals surface area (Å²) in [6.45, 7) is 11.6. The molecule has 0 spiro atoms. The van der Waals surface area contributed by atoms with Crippen molar-refractivity contribution >= 4 is 40.0 Å². The maximum absolute atomic E-state index is 11.4. The Morgan fingerprint density at radius 3 is 1.19 bits per heavy atom. The van der Waals surface area contributed by atoms with Gasteiger partial charge in [0.05, 0.1) is 69.1 Å². The predicted molar refractivity (Wildman–Crippen MR) is 212 cm³/mol. The number of rotatable bonds is 23. The van der Waals surface area contributed by atoms with E-state index in [0.29, 0.717) is 12.9 Å². The summed E-state index contributed by atoms with van der Waals surface area (Å²) >= 11 is 0. The summed E-state index contributed by atoms with van der Waals surface area (Å²) in [6, 6.07) is 0. The minimum absolute atomic E-state index is 0.273. The zero-order valence-corrected chi connectivity index (χ0v) is 35.3. The summed E-state index contributed by atoms with van der Waals surface area (Å²) < 4.78 is 70.6. The largest absolute Gasteiger partial charge is 0.394 e. The second-order valence-corrected chi connectivity index (χ2v) is 14.2. The molecule has 0 aromatic heterocycles. The van der Waals surface area contributed by atoms with E-state index in [4.69, 9.17) is 61.6 Å². The lowest BCUT2D eigenvalue weighted by Gasteiger charge is -2.44. The minimum Gasteiger partial charge on any atom is -0.394 e. The zero-order chi connectivity index (χ0) is 43.6. The maximum Gasteiger partial charge on any atom is 0.187 e. The average Bonchev–Trinajstić information content (AvgIpc) is 3.25. The molecule has 3 fully saturated rings. The summed E-state index contributed by atoms with van der Waals surface area (Å²) in [6.07, 6.45) is 0.390. The van der Waals surface area contributed by atoms with Crippen LogP contribution in [0.25, 0.3) is 0 Å². The van der Waals surface area contributed by atoms with Gasteiger partial charge >= 0.3 is 0 Å². The van der Waals surface area contributed by atoms with Crippen LogP contribution >= 0.6 is 0 Å². The Morgan fingerprint density at radius 1 is 0.569 bits per heavy atom. The monoisotopic (exact) mass is 851 g/mol. The first kappa shape index (κ1) is 53.5. The van der Waals surface area contributed by atoms with Crippen LogP contribution in [0.3, 0.4) is 0 Å². The molecule has 18 nitrogen and oxygen atoms in total. The Morgan fingerprint density at radius 2 is 0.897 bits per heavy atom. The first-order chi connectivity index (χ1) is 28.1. The molecule has 3 aliphatic heterocycles. The van der Waals surface area contributed by atoms with Gasteiger partial charge in [0.1, 0.15) is 55.5 Å². The second-order valence-electron chi connectivity index (χ2n) is 12.7. The van der Waals surface area contributed by atoms with Crippen LogP contribution in [0.15, 0.2) is 38.0 Å². The highest BCUT2D eigenvalue weighted by molar-refractivity contribution is 7.92. The SMILES string of the molecule is C=CCOC1OC(CO)C(C=O)C(OC)C1OC.C=CCOC1OC(COC)C(C=O)C(OC)C1OC.C=CCOC1OC(C[S-](=C)=C=O)C(C=O)C(OC)C1OC. The first-order valence-electron chi connectivity index (χ1n) is 18.2. The third kappa shape index (κ3) is 15.2. The molecule has 3 rings (SSSR count). The van der Waals surface area contributed by atoms with Crippen molar-refractivity contribution < 1.29 is 85.9 Å². The standard InChI is InChI=1S/C14H21O6S.C13H22O6.C12H20O6/c1-5-6-19-14-13(18-3)12(17-2)10(7-15)11(20-14)8-21(4)9-16;1-5-6-18-13-12(17-4)11(16-3)9(7-14)10(19-13)8-15-2;1-4-5-17-12-11(16-3)10(15-2)8(6-13)9(7-14)18-12/h5,7,10-14H,1,4,6,8H2,2-3H3;5,7,9-13H,1,6,8H2,2-4H3;4,6,8-12,14H,1,5,7H2,2-3H3/q-1;;. The van der Waals surface area contributed by atoms with E-state index in [1.54, 1.807) is 25.3 Å². The number of aldehydes is 3. The molecule has 0 saturated carbocycles. The van der Waals surface area contributed by atoms with Crippen molar-refractivity contribution in [3.8, 4) is 0 Å². The molecule has 0 aromatic carbocycles. The molecule has 0 amide bonds. The van der Waals surface area contributed by atoms with E-state index in [1.807, 2.05) is 5.23 Å². The topological polar surface area (TPSA) is 208 Å². The molecule has 0 aliphatic carbocycles. The molecule has 1 N–H and O–H groups in total. The average molecular weight is 852 g/mol. The second kappa shape index (κ2) is 30.5. The zero-order valence-electron chi connectivity index (χ0n) is 34.5. The van der Waals surface area contributed by atoms with Gasteiger partial charge in [0.15, 0.2) is 18.9 Å². The van der Waals surface area contributed by atoms with Gasteiger partial charge in [-0.2, -0.15) is 0 Å². The number of hydrogen-bond acceptors (Lipinski definition) is 19. The molecule has 0 bridgehead atoms. The minimum atomic E-state index is -0.859. The van der Waals surface area contributed by atoms with E-state index in [-0.39, 0.29) is 32.2 Å². The molecular formula is C39H63O18S-. The summed E-state index contributed by atoms with van der Waals surface area (Å²) in [4.78, 5) is 44.4. The molecule has 15 unspecified atom stereocenters. The van der Waals surface area contributed by atoms with E-state index in [0.717, 1.165) is 12.6 Å². The molecule has 3 aliphatic rings. The molecule has 58 heavy (non-hydrogen) atoms. The molecule has 19 heteroatoms. The quantitative estimate of drug-likeness (QED) is 0.0623. The van der Waals surface area contributed by atoms with Gasteiger partial charge in [-0.15, -0.1) is 19.7 Å². The van der Waals surface area contributed by atoms with Crippen molar-refractivity contribution in [2.24, 2.45) is 17.8 Å². The smallest absolute Gasteiger partial charge is 0.187 e. The maximum atomic E-state index is 11.4. The molecule has 334 valence electrons. The van der Waals surface area contributed by atoms with Crippen molar-refractivity contribution in [1.29, 1.82) is 0 Å². The van der Waals surface area contributed by atoms with Crippen LogP contribution in [0, 0.1) is 17.8 Å². The Labute approximate surface area is 343 Å². The highest BCUT2D eigenvalue weighted by Gasteiger charge is 2.49. The lowest BCUT2D eigenvalue weighted by molar-refractivity contribution is -0.291. The van der Waals surface area contributed by atoms with Gasteiger partial charge in [0.25, 0.3) is 0 Å². The lowest BCUT2D eigenvalue weighted by Crippen LogP contribution is -2.58. The van der Waals surface area contributed by atoms with Gasteiger partial charge < -0.3 is 91.1 Å². The molecule has 0 aromatic rings. The number of methoxy groups -OCH3 is 7. The van der Waals surface area contributed by atoms with Gasteiger partial charge in [0, 0.05) is 49.8 Å². The van der Waals surface area contributed by atoms with Gasteiger partial charge in [-0.1, -0.05) is 24.0 Å². The fourth-order valence-corrected chi connectivity index (χ4v) is 7.40. The molecule has 15 atom stereocenters. The fraction of sp³-hybridized carbons (Fsp3) is 0.718. The Kier molecular flexibility index (Phi) is 28.1. The number of aliphatic hydroxyl groups is 1. The third-order valence-corrected chi connectivity index (χ3v) is 10.3. The highest BCUT2D eigenvalue weighted by Crippen LogP contribution is 2.32. The van der Waals surface area contributed by atoms with E-state index >= 15 is 0 Å². The predicted octanol–water partition coefficient (Wildman–Crippen LogP) is 0.0332. The van der Waals surface area contributed by atoms with Gasteiger partial charge in [0.2, 0.25) is 0 Å². The van der Waals surface area contributed by atoms with Crippen LogP contribution in [0.5, 0.6) is 0 Å². The molecule has 3 saturated heterocycles. The summed E-state index contributed by atoms with van der Waals surface area (Å²) in [5.74, 6) is 2.35. The highest BCUT2D eigenvalue weighted by atomic mass is 32.2. The van der Waals surface area contributed by atoms with Crippen LogP contribution in [0.2, 0.25) is 0 Å². The van der Waals surface area contributed by atoms with E-state index < -0.39 is 102 Å². The number of carbonyl (C=O) groups is 3. The number of hydrogen-bond donors (Lipinski definition) is 1. The number of ether oxygens (including phenoxy) is 13. The molecule has 3 heterocycles. The number of aliphatic hydroxyl groups excluding tert-OH is 1. The Balaban J connectivity index is 0.000000436. The van der Waals surface area contributed by atoms with Crippen molar-refractivity contribution in [2.45, 2.75) is 73.8 Å². The molecular weight excluding hydrogens is 788 g/mol. The van der Waals surface area contributed by atoms with Crippen molar-refractivity contribution in [3.05, 3.63) is 38.0 Å². The Hall–Kier alpha value is -2.53. The first-order valence-corrected chi connectivity index (χ1v) is 19.8. The Bertz CT molecular complexity index is 1310. The van der Waals surface area contributed by atoms with Gasteiger partial charge in [-0.25, -0.2) is 5.87 Å². The normalized spacial score (nSPS) is 34.5. The van der Waals surface area contributed by atoms with Crippen molar-refractivity contribution in [1.82, 2.24) is 0 Å². The van der Waals surface area contributed by atoms with Crippen LogP contribution < -0.4 is 0 Å². The van der Waals surface area contributed by atoms with Gasteiger partial charge in [-0.3, -0.25) is 4.79 Å². The van der Waals surface area contributed by atoms with Crippen LogP contribution in [-0.4, -0.2) is 197 Å². The summed E-state index contributed by atoms with van der Waals surface area (Å²) in [7, 11) is 9.73.